The van der Waals surface area contributed by atoms with Gasteiger partial charge in [0, 0.05) is 23.6 Å². The van der Waals surface area contributed by atoms with Crippen molar-refractivity contribution in [1.82, 2.24) is 4.90 Å². The van der Waals surface area contributed by atoms with Gasteiger partial charge in [-0.2, -0.15) is 0 Å². The molecule has 2 atom stereocenters. The average Bonchev–Trinajstić information content (AvgIpc) is 2.48. The van der Waals surface area contributed by atoms with Crippen molar-refractivity contribution in [3.8, 4) is 0 Å². The minimum absolute atomic E-state index is 0.705. The van der Waals surface area contributed by atoms with Crippen LogP contribution in [0.1, 0.15) is 29.5 Å². The molecular formula is C20H22BrN. The van der Waals surface area contributed by atoms with Gasteiger partial charge in [0.1, 0.15) is 0 Å². The van der Waals surface area contributed by atoms with E-state index >= 15 is 0 Å². The van der Waals surface area contributed by atoms with Gasteiger partial charge in [-0.3, -0.25) is 4.90 Å². The quantitative estimate of drug-likeness (QED) is 0.745. The Kier molecular flexibility index (Phi) is 4.06. The Morgan fingerprint density at radius 2 is 1.77 bits per heavy atom. The van der Waals surface area contributed by atoms with Gasteiger partial charge in [0.15, 0.2) is 0 Å². The van der Waals surface area contributed by atoms with Crippen LogP contribution in [0.25, 0.3) is 0 Å². The highest BCUT2D eigenvalue weighted by molar-refractivity contribution is 9.10. The van der Waals surface area contributed by atoms with Crippen LogP contribution in [0.5, 0.6) is 0 Å². The van der Waals surface area contributed by atoms with Crippen molar-refractivity contribution < 1.29 is 0 Å². The Morgan fingerprint density at radius 1 is 0.955 bits per heavy atom. The molecular weight excluding hydrogens is 334 g/mol. The number of rotatable bonds is 2. The first-order valence-electron chi connectivity index (χ1n) is 8.33. The molecule has 2 heterocycles. The first kappa shape index (κ1) is 14.5. The molecule has 0 aromatic heterocycles. The van der Waals surface area contributed by atoms with Gasteiger partial charge in [-0.05, 0) is 60.4 Å². The van der Waals surface area contributed by atoms with Gasteiger partial charge in [-0.1, -0.05) is 52.3 Å². The monoisotopic (exact) mass is 355 g/mol. The SMILES string of the molecule is Brc1cccc(CN2C[C@H]3CC[C@@H]2Cc2ccccc2C3)c1. The molecule has 0 saturated carbocycles. The van der Waals surface area contributed by atoms with Gasteiger partial charge >= 0.3 is 0 Å². The Bertz CT molecular complexity index is 666. The molecule has 2 bridgehead atoms. The summed E-state index contributed by atoms with van der Waals surface area (Å²) >= 11 is 3.60. The number of fused-ring (bicyclic) bond motifs is 2. The Morgan fingerprint density at radius 3 is 2.59 bits per heavy atom. The highest BCUT2D eigenvalue weighted by Crippen LogP contribution is 2.33. The average molecular weight is 356 g/mol. The molecule has 5 rings (SSSR count). The number of halogens is 1. The number of nitrogens with zero attached hydrogens (tertiary/aromatic N) is 1. The van der Waals surface area contributed by atoms with E-state index in [1.165, 1.54) is 42.3 Å². The van der Waals surface area contributed by atoms with E-state index in [0.717, 1.165) is 12.5 Å². The first-order valence-corrected chi connectivity index (χ1v) is 9.12. The summed E-state index contributed by atoms with van der Waals surface area (Å²) in [6, 6.07) is 18.6. The van der Waals surface area contributed by atoms with Crippen LogP contribution in [0.3, 0.4) is 0 Å². The molecule has 2 heteroatoms. The van der Waals surface area contributed by atoms with Gasteiger partial charge in [0.05, 0.1) is 0 Å². The molecule has 0 amide bonds. The molecule has 0 radical (unpaired) electrons. The maximum Gasteiger partial charge on any atom is 0.0237 e. The van der Waals surface area contributed by atoms with E-state index in [-0.39, 0.29) is 0 Å². The fourth-order valence-electron chi connectivity index (χ4n) is 4.16. The van der Waals surface area contributed by atoms with Crippen LogP contribution in [0.4, 0.5) is 0 Å². The molecule has 22 heavy (non-hydrogen) atoms. The third-order valence-electron chi connectivity index (χ3n) is 5.27. The zero-order chi connectivity index (χ0) is 14.9. The minimum Gasteiger partial charge on any atom is -0.296 e. The van der Waals surface area contributed by atoms with Crippen LogP contribution < -0.4 is 0 Å². The molecule has 1 fully saturated rings. The summed E-state index contributed by atoms with van der Waals surface area (Å²) in [6.45, 7) is 2.34. The lowest BCUT2D eigenvalue weighted by Crippen LogP contribution is -2.46. The Hall–Kier alpha value is -1.12. The number of hydrogen-bond acceptors (Lipinski definition) is 1. The van der Waals surface area contributed by atoms with Crippen molar-refractivity contribution in [2.45, 2.75) is 38.3 Å². The van der Waals surface area contributed by atoms with Gasteiger partial charge in [-0.25, -0.2) is 0 Å². The van der Waals surface area contributed by atoms with Crippen LogP contribution in [-0.2, 0) is 19.4 Å². The summed E-state index contributed by atoms with van der Waals surface area (Å²) in [7, 11) is 0. The first-order chi connectivity index (χ1) is 10.8. The molecule has 2 aromatic rings. The maximum atomic E-state index is 3.60. The molecule has 2 aromatic carbocycles. The summed E-state index contributed by atoms with van der Waals surface area (Å²) in [5.74, 6) is 0.824. The third kappa shape index (κ3) is 3.00. The normalized spacial score (nSPS) is 24.6. The highest BCUT2D eigenvalue weighted by Gasteiger charge is 2.31. The maximum absolute atomic E-state index is 3.60. The minimum atomic E-state index is 0.705. The van der Waals surface area contributed by atoms with E-state index < -0.39 is 0 Å². The largest absolute Gasteiger partial charge is 0.296 e. The Labute approximate surface area is 141 Å². The van der Waals surface area contributed by atoms with Gasteiger partial charge < -0.3 is 0 Å². The molecule has 1 nitrogen and oxygen atoms in total. The summed E-state index contributed by atoms with van der Waals surface area (Å²) in [6.07, 6.45) is 5.23. The van der Waals surface area contributed by atoms with Crippen LogP contribution in [0, 0.1) is 5.92 Å². The smallest absolute Gasteiger partial charge is 0.0237 e. The van der Waals surface area contributed by atoms with Gasteiger partial charge in [0.25, 0.3) is 0 Å². The number of hydrogen-bond donors (Lipinski definition) is 0. The summed E-state index contributed by atoms with van der Waals surface area (Å²) < 4.78 is 1.19. The van der Waals surface area contributed by atoms with Crippen LogP contribution in [0.2, 0.25) is 0 Å². The lowest BCUT2D eigenvalue weighted by Gasteiger charge is -2.42. The van der Waals surface area contributed by atoms with E-state index in [0.29, 0.717) is 6.04 Å². The molecule has 1 aliphatic carbocycles. The van der Waals surface area contributed by atoms with E-state index in [1.807, 2.05) is 0 Å². The van der Waals surface area contributed by atoms with E-state index in [2.05, 4.69) is 69.4 Å². The summed E-state index contributed by atoms with van der Waals surface area (Å²) in [5, 5.41) is 0. The molecule has 3 aliphatic rings. The zero-order valence-electron chi connectivity index (χ0n) is 12.8. The van der Waals surface area contributed by atoms with Crippen molar-refractivity contribution in [3.05, 3.63) is 69.7 Å². The predicted molar refractivity (Wildman–Crippen MR) is 94.9 cm³/mol. The van der Waals surface area contributed by atoms with Crippen molar-refractivity contribution in [2.24, 2.45) is 5.92 Å². The molecule has 0 N–H and O–H groups in total. The second-order valence-electron chi connectivity index (χ2n) is 6.83. The fraction of sp³-hybridized carbons (Fsp3) is 0.400. The van der Waals surface area contributed by atoms with E-state index in [4.69, 9.17) is 0 Å². The second kappa shape index (κ2) is 6.17. The lowest BCUT2D eigenvalue weighted by atomic mass is 9.80. The van der Waals surface area contributed by atoms with Crippen LogP contribution >= 0.6 is 15.9 Å². The standard InChI is InChI=1S/C20H22BrN/c21-19-7-3-4-15(11-19)13-22-14-16-8-9-20(22)12-18-6-2-1-5-17(18)10-16/h1-7,11,16,20H,8-10,12-14H2/t16-,20+/m0/s1. The van der Waals surface area contributed by atoms with Crippen molar-refractivity contribution in [2.75, 3.05) is 6.54 Å². The van der Waals surface area contributed by atoms with E-state index in [9.17, 15) is 0 Å². The fourth-order valence-corrected chi connectivity index (χ4v) is 4.61. The van der Waals surface area contributed by atoms with Crippen molar-refractivity contribution in [1.29, 1.82) is 0 Å². The summed E-state index contributed by atoms with van der Waals surface area (Å²) in [5.41, 5.74) is 4.60. The molecule has 1 saturated heterocycles. The molecule has 114 valence electrons. The van der Waals surface area contributed by atoms with Crippen molar-refractivity contribution in [3.63, 3.8) is 0 Å². The van der Waals surface area contributed by atoms with Gasteiger partial charge in [-0.15, -0.1) is 0 Å². The Balaban J connectivity index is 1.58. The molecule has 0 spiro atoms. The van der Waals surface area contributed by atoms with Crippen molar-refractivity contribution >= 4 is 15.9 Å². The summed E-state index contributed by atoms with van der Waals surface area (Å²) in [4.78, 5) is 2.73. The topological polar surface area (TPSA) is 3.24 Å². The lowest BCUT2D eigenvalue weighted by molar-refractivity contribution is 0.0938. The number of piperidine rings is 1. The molecule has 0 unspecified atom stereocenters. The van der Waals surface area contributed by atoms with Crippen LogP contribution in [-0.4, -0.2) is 17.5 Å². The zero-order valence-corrected chi connectivity index (χ0v) is 14.4. The number of benzene rings is 2. The second-order valence-corrected chi connectivity index (χ2v) is 7.75. The highest BCUT2D eigenvalue weighted by atomic mass is 79.9. The van der Waals surface area contributed by atoms with E-state index in [1.54, 1.807) is 11.1 Å². The van der Waals surface area contributed by atoms with Gasteiger partial charge in [0.2, 0.25) is 0 Å². The molecule has 2 aliphatic heterocycles. The third-order valence-corrected chi connectivity index (χ3v) is 5.77. The van der Waals surface area contributed by atoms with Crippen LogP contribution in [0.15, 0.2) is 53.0 Å². The predicted octanol–water partition coefficient (Wildman–Crippen LogP) is 4.83.